The van der Waals surface area contributed by atoms with Gasteiger partial charge in [0.05, 0.1) is 13.0 Å². The van der Waals surface area contributed by atoms with Gasteiger partial charge in [-0.15, -0.1) is 0 Å². The van der Waals surface area contributed by atoms with Crippen molar-refractivity contribution in [1.29, 1.82) is 0 Å². The molecule has 0 aromatic heterocycles. The second kappa shape index (κ2) is 4.62. The minimum absolute atomic E-state index is 0.0486. The summed E-state index contributed by atoms with van der Waals surface area (Å²) in [6, 6.07) is 0. The molecule has 0 spiro atoms. The summed E-state index contributed by atoms with van der Waals surface area (Å²) in [5.41, 5.74) is 0. The van der Waals surface area contributed by atoms with Gasteiger partial charge < -0.3 is 10.1 Å². The van der Waals surface area contributed by atoms with Crippen LogP contribution >= 0.6 is 11.8 Å². The van der Waals surface area contributed by atoms with Crippen LogP contribution in [-0.4, -0.2) is 37.7 Å². The Kier molecular flexibility index (Phi) is 3.72. The molecule has 0 aromatic carbocycles. The molecule has 0 radical (unpaired) electrons. The van der Waals surface area contributed by atoms with E-state index < -0.39 is 0 Å². The molecule has 0 aliphatic carbocycles. The van der Waals surface area contributed by atoms with Crippen molar-refractivity contribution in [2.75, 3.05) is 31.7 Å². The fourth-order valence-electron chi connectivity index (χ4n) is 1.02. The Hall–Kier alpha value is -0.220. The lowest BCUT2D eigenvalue weighted by atomic mass is 10.2. The molecule has 0 saturated carbocycles. The van der Waals surface area contributed by atoms with Gasteiger partial charge >= 0.3 is 5.97 Å². The lowest BCUT2D eigenvalue weighted by molar-refractivity contribution is -0.144. The van der Waals surface area contributed by atoms with E-state index in [0.717, 1.165) is 24.6 Å². The highest BCUT2D eigenvalue weighted by Crippen LogP contribution is 2.11. The van der Waals surface area contributed by atoms with Gasteiger partial charge in [-0.25, -0.2) is 0 Å². The molecule has 1 aliphatic heterocycles. The molecule has 1 heterocycles. The van der Waals surface area contributed by atoms with Gasteiger partial charge in [0.15, 0.2) is 0 Å². The number of carbonyl (C=O) groups excluding carboxylic acids is 1. The zero-order chi connectivity index (χ0) is 8.10. The smallest absolute Gasteiger partial charge is 0.310 e. The Balaban J connectivity index is 2.36. The summed E-state index contributed by atoms with van der Waals surface area (Å²) in [5.74, 6) is 1.94. The number of esters is 1. The first-order valence-corrected chi connectivity index (χ1v) is 4.86. The average molecular weight is 175 g/mol. The topological polar surface area (TPSA) is 38.3 Å². The molecule has 0 aromatic rings. The molecule has 1 rings (SSSR count). The summed E-state index contributed by atoms with van der Waals surface area (Å²) in [6.45, 7) is 1.76. The number of hydrogen-bond donors (Lipinski definition) is 1. The maximum Gasteiger partial charge on any atom is 0.310 e. The molecule has 64 valence electrons. The summed E-state index contributed by atoms with van der Waals surface area (Å²) in [5, 5.41) is 3.19. The summed E-state index contributed by atoms with van der Waals surface area (Å²) in [6.07, 6.45) is 0. The van der Waals surface area contributed by atoms with E-state index in [1.54, 1.807) is 11.8 Å². The van der Waals surface area contributed by atoms with Crippen LogP contribution in [0.3, 0.4) is 0 Å². The Morgan fingerprint density at radius 3 is 3.27 bits per heavy atom. The summed E-state index contributed by atoms with van der Waals surface area (Å²) in [4.78, 5) is 11.0. The van der Waals surface area contributed by atoms with Gasteiger partial charge in [-0.05, 0) is 0 Å². The predicted octanol–water partition coefficient (Wildman–Crippen LogP) is 0.112. The summed E-state index contributed by atoms with van der Waals surface area (Å²) < 4.78 is 4.65. The van der Waals surface area contributed by atoms with Gasteiger partial charge in [0.2, 0.25) is 0 Å². The lowest BCUT2D eigenvalue weighted by Crippen LogP contribution is -2.29. The third-order valence-corrected chi connectivity index (χ3v) is 2.80. The Labute approximate surface area is 70.9 Å². The van der Waals surface area contributed by atoms with Crippen molar-refractivity contribution in [2.24, 2.45) is 5.92 Å². The maximum atomic E-state index is 11.0. The van der Waals surface area contributed by atoms with Gasteiger partial charge in [0.1, 0.15) is 0 Å². The van der Waals surface area contributed by atoms with E-state index in [9.17, 15) is 4.79 Å². The van der Waals surface area contributed by atoms with Gasteiger partial charge in [-0.1, -0.05) is 0 Å². The molecule has 4 heteroatoms. The summed E-state index contributed by atoms with van der Waals surface area (Å²) in [7, 11) is 1.44. The van der Waals surface area contributed by atoms with Crippen LogP contribution in [-0.2, 0) is 9.53 Å². The second-order valence-electron chi connectivity index (χ2n) is 2.50. The maximum absolute atomic E-state index is 11.0. The molecule has 1 aliphatic rings. The van der Waals surface area contributed by atoms with E-state index in [-0.39, 0.29) is 11.9 Å². The minimum atomic E-state index is -0.0908. The Morgan fingerprint density at radius 2 is 2.55 bits per heavy atom. The molecule has 0 bridgehead atoms. The van der Waals surface area contributed by atoms with E-state index in [1.165, 1.54) is 7.11 Å². The predicted molar refractivity (Wildman–Crippen MR) is 45.7 cm³/mol. The highest BCUT2D eigenvalue weighted by atomic mass is 32.2. The third-order valence-electron chi connectivity index (χ3n) is 1.67. The molecule has 1 atom stereocenters. The van der Waals surface area contributed by atoms with Gasteiger partial charge in [0, 0.05) is 24.6 Å². The van der Waals surface area contributed by atoms with Crippen LogP contribution in [0.5, 0.6) is 0 Å². The molecule has 1 unspecified atom stereocenters. The fourth-order valence-corrected chi connectivity index (χ4v) is 2.02. The van der Waals surface area contributed by atoms with Crippen molar-refractivity contribution in [3.8, 4) is 0 Å². The van der Waals surface area contributed by atoms with Gasteiger partial charge in [0.25, 0.3) is 0 Å². The normalized spacial score (nSPS) is 25.7. The fraction of sp³-hybridized carbons (Fsp3) is 0.857. The Morgan fingerprint density at radius 1 is 1.73 bits per heavy atom. The first-order valence-electron chi connectivity index (χ1n) is 3.71. The third kappa shape index (κ3) is 2.71. The molecule has 11 heavy (non-hydrogen) atoms. The second-order valence-corrected chi connectivity index (χ2v) is 3.65. The first kappa shape index (κ1) is 8.87. The van der Waals surface area contributed by atoms with E-state index in [1.807, 2.05) is 0 Å². The van der Waals surface area contributed by atoms with Crippen LogP contribution in [0.1, 0.15) is 0 Å². The number of thioether (sulfide) groups is 1. The Bertz CT molecular complexity index is 132. The number of nitrogens with one attached hydrogen (secondary N) is 1. The number of rotatable bonds is 1. The zero-order valence-electron chi connectivity index (χ0n) is 6.63. The monoisotopic (exact) mass is 175 g/mol. The van der Waals surface area contributed by atoms with Crippen LogP contribution in [0.2, 0.25) is 0 Å². The van der Waals surface area contributed by atoms with Crippen molar-refractivity contribution in [3.05, 3.63) is 0 Å². The number of hydrogen-bond acceptors (Lipinski definition) is 4. The average Bonchev–Trinajstić information content (AvgIpc) is 2.30. The first-order chi connectivity index (χ1) is 5.34. The standard InChI is InChI=1S/C7H13NO2S/c1-10-7(9)6-4-8-2-3-11-5-6/h6,8H,2-5H2,1H3. The van der Waals surface area contributed by atoms with Crippen LogP contribution in [0.15, 0.2) is 0 Å². The van der Waals surface area contributed by atoms with Crippen LogP contribution in [0.25, 0.3) is 0 Å². The number of carbonyl (C=O) groups is 1. The number of ether oxygens (including phenoxy) is 1. The molecular formula is C7H13NO2S. The largest absolute Gasteiger partial charge is 0.469 e. The van der Waals surface area contributed by atoms with E-state index >= 15 is 0 Å². The van der Waals surface area contributed by atoms with Gasteiger partial charge in [-0.3, -0.25) is 4.79 Å². The van der Waals surface area contributed by atoms with Crippen molar-refractivity contribution in [3.63, 3.8) is 0 Å². The van der Waals surface area contributed by atoms with E-state index in [0.29, 0.717) is 0 Å². The molecule has 1 saturated heterocycles. The van der Waals surface area contributed by atoms with Crippen molar-refractivity contribution >= 4 is 17.7 Å². The highest BCUT2D eigenvalue weighted by molar-refractivity contribution is 7.99. The lowest BCUT2D eigenvalue weighted by Gasteiger charge is -2.09. The van der Waals surface area contributed by atoms with Crippen molar-refractivity contribution < 1.29 is 9.53 Å². The molecular weight excluding hydrogens is 162 g/mol. The van der Waals surface area contributed by atoms with Crippen LogP contribution in [0.4, 0.5) is 0 Å². The van der Waals surface area contributed by atoms with Crippen molar-refractivity contribution in [2.45, 2.75) is 0 Å². The summed E-state index contributed by atoms with van der Waals surface area (Å²) >= 11 is 1.80. The zero-order valence-corrected chi connectivity index (χ0v) is 7.45. The van der Waals surface area contributed by atoms with Crippen molar-refractivity contribution in [1.82, 2.24) is 5.32 Å². The van der Waals surface area contributed by atoms with E-state index in [2.05, 4.69) is 10.1 Å². The quantitative estimate of drug-likeness (QED) is 0.574. The van der Waals surface area contributed by atoms with Crippen LogP contribution in [0, 0.1) is 5.92 Å². The minimum Gasteiger partial charge on any atom is -0.469 e. The number of methoxy groups -OCH3 is 1. The molecule has 3 nitrogen and oxygen atoms in total. The SMILES string of the molecule is COC(=O)C1CNCCSC1. The van der Waals surface area contributed by atoms with Gasteiger partial charge in [-0.2, -0.15) is 11.8 Å². The van der Waals surface area contributed by atoms with Crippen LogP contribution < -0.4 is 5.32 Å². The highest BCUT2D eigenvalue weighted by Gasteiger charge is 2.20. The van der Waals surface area contributed by atoms with E-state index in [4.69, 9.17) is 0 Å². The molecule has 0 amide bonds. The molecule has 1 fully saturated rings. The molecule has 1 N–H and O–H groups in total.